The lowest BCUT2D eigenvalue weighted by Crippen LogP contribution is -2.32. The molecule has 5 rings (SSSR count). The molecule has 28 heavy (non-hydrogen) atoms. The van der Waals surface area contributed by atoms with Crippen molar-refractivity contribution in [2.45, 2.75) is 31.6 Å². The van der Waals surface area contributed by atoms with Crippen LogP contribution in [0.2, 0.25) is 5.15 Å². The van der Waals surface area contributed by atoms with E-state index in [1.807, 2.05) is 0 Å². The van der Waals surface area contributed by atoms with E-state index >= 15 is 0 Å². The molecule has 0 unspecified atom stereocenters. The van der Waals surface area contributed by atoms with Crippen LogP contribution in [0.4, 0.5) is 16.0 Å². The smallest absolute Gasteiger partial charge is 0.258 e. The number of alkyl halides is 1. The van der Waals surface area contributed by atoms with Crippen molar-refractivity contribution in [1.29, 1.82) is 0 Å². The van der Waals surface area contributed by atoms with E-state index in [4.69, 9.17) is 21.1 Å². The molecular weight excluding hydrogens is 457 g/mol. The molecule has 0 saturated carbocycles. The zero-order valence-electron chi connectivity index (χ0n) is 14.6. The summed E-state index contributed by atoms with van der Waals surface area (Å²) in [5.41, 5.74) is 1.19. The van der Waals surface area contributed by atoms with Gasteiger partial charge in [-0.3, -0.25) is 0 Å². The Morgan fingerprint density at radius 1 is 1.32 bits per heavy atom. The van der Waals surface area contributed by atoms with Crippen molar-refractivity contribution in [1.82, 2.24) is 29.5 Å². The summed E-state index contributed by atoms with van der Waals surface area (Å²) in [5, 5.41) is 13.0. The van der Waals surface area contributed by atoms with E-state index < -0.39 is 12.2 Å². The SMILES string of the molecule is F[C@@H]1COCC[C@H]1n1nc2c(c1Br)Nc1ncc3c(Cl)nn(c3n1)CCCO2. The molecule has 2 bridgehead atoms. The molecule has 9 nitrogen and oxygen atoms in total. The predicted molar refractivity (Wildman–Crippen MR) is 103 cm³/mol. The zero-order valence-corrected chi connectivity index (χ0v) is 17.0. The van der Waals surface area contributed by atoms with Gasteiger partial charge in [0.05, 0.1) is 24.6 Å². The lowest BCUT2D eigenvalue weighted by atomic mass is 10.1. The maximum Gasteiger partial charge on any atom is 0.258 e. The minimum atomic E-state index is -1.14. The fourth-order valence-electron chi connectivity index (χ4n) is 3.42. The molecular formula is C16H16BrClFN7O2. The summed E-state index contributed by atoms with van der Waals surface area (Å²) in [7, 11) is 0. The van der Waals surface area contributed by atoms with E-state index in [0.29, 0.717) is 70.9 Å². The number of rotatable bonds is 1. The summed E-state index contributed by atoms with van der Waals surface area (Å²) in [6.07, 6.45) is 1.69. The number of anilines is 2. The highest BCUT2D eigenvalue weighted by molar-refractivity contribution is 9.10. The third-order valence-electron chi connectivity index (χ3n) is 4.82. The van der Waals surface area contributed by atoms with Crippen molar-refractivity contribution in [2.24, 2.45) is 0 Å². The summed E-state index contributed by atoms with van der Waals surface area (Å²) in [4.78, 5) is 8.86. The van der Waals surface area contributed by atoms with Crippen LogP contribution in [0, 0.1) is 0 Å². The Kier molecular flexibility index (Phi) is 4.60. The van der Waals surface area contributed by atoms with E-state index in [1.165, 1.54) is 0 Å². The highest BCUT2D eigenvalue weighted by Crippen LogP contribution is 2.39. The van der Waals surface area contributed by atoms with Crippen LogP contribution in [-0.2, 0) is 11.3 Å². The molecule has 0 radical (unpaired) electrons. The second-order valence-electron chi connectivity index (χ2n) is 6.63. The molecule has 2 aliphatic rings. The lowest BCUT2D eigenvalue weighted by Gasteiger charge is -2.26. The van der Waals surface area contributed by atoms with Gasteiger partial charge in [0, 0.05) is 25.8 Å². The molecule has 2 atom stereocenters. The van der Waals surface area contributed by atoms with Crippen molar-refractivity contribution >= 4 is 50.2 Å². The highest BCUT2D eigenvalue weighted by Gasteiger charge is 2.32. The van der Waals surface area contributed by atoms with Crippen molar-refractivity contribution < 1.29 is 13.9 Å². The van der Waals surface area contributed by atoms with Crippen LogP contribution in [0.25, 0.3) is 11.0 Å². The molecule has 3 aromatic rings. The number of nitrogens with one attached hydrogen (secondary N) is 1. The summed E-state index contributed by atoms with van der Waals surface area (Å²) < 4.78 is 29.4. The topological polar surface area (TPSA) is 91.9 Å². The molecule has 5 heterocycles. The van der Waals surface area contributed by atoms with E-state index in [9.17, 15) is 4.39 Å². The van der Waals surface area contributed by atoms with Gasteiger partial charge in [0.15, 0.2) is 10.8 Å². The van der Waals surface area contributed by atoms with Crippen LogP contribution >= 0.6 is 27.5 Å². The lowest BCUT2D eigenvalue weighted by molar-refractivity contribution is -0.00109. The third kappa shape index (κ3) is 3.01. The van der Waals surface area contributed by atoms with Crippen LogP contribution in [0.15, 0.2) is 10.8 Å². The van der Waals surface area contributed by atoms with Gasteiger partial charge in [-0.25, -0.2) is 18.7 Å². The number of fused-ring (bicyclic) bond motifs is 2. The van der Waals surface area contributed by atoms with E-state index in [1.54, 1.807) is 15.6 Å². The minimum absolute atomic E-state index is 0.0560. The Balaban J connectivity index is 1.58. The monoisotopic (exact) mass is 471 g/mol. The third-order valence-corrected chi connectivity index (χ3v) is 5.86. The largest absolute Gasteiger partial charge is 0.475 e. The molecule has 1 saturated heterocycles. The van der Waals surface area contributed by atoms with Gasteiger partial charge >= 0.3 is 0 Å². The van der Waals surface area contributed by atoms with Crippen molar-refractivity contribution in [3.05, 3.63) is 16.0 Å². The van der Waals surface area contributed by atoms with Crippen LogP contribution in [0.1, 0.15) is 18.9 Å². The Bertz CT molecular complexity index is 1040. The molecule has 148 valence electrons. The number of aromatic nitrogens is 6. The first-order valence-electron chi connectivity index (χ1n) is 8.90. The second-order valence-corrected chi connectivity index (χ2v) is 7.74. The molecule has 0 aliphatic carbocycles. The van der Waals surface area contributed by atoms with Gasteiger partial charge in [-0.05, 0) is 22.4 Å². The second kappa shape index (κ2) is 7.12. The van der Waals surface area contributed by atoms with Gasteiger partial charge in [-0.15, -0.1) is 5.10 Å². The fraction of sp³-hybridized carbons (Fsp3) is 0.500. The van der Waals surface area contributed by atoms with Crippen molar-refractivity contribution in [3.63, 3.8) is 0 Å². The first kappa shape index (κ1) is 18.1. The van der Waals surface area contributed by atoms with Crippen molar-refractivity contribution in [2.75, 3.05) is 25.1 Å². The molecule has 3 aromatic heterocycles. The molecule has 1 fully saturated rings. The summed E-state index contributed by atoms with van der Waals surface area (Å²) in [6, 6.07) is -0.433. The van der Waals surface area contributed by atoms with Crippen LogP contribution in [-0.4, -0.2) is 55.5 Å². The molecule has 12 heteroatoms. The van der Waals surface area contributed by atoms with Gasteiger partial charge < -0.3 is 14.8 Å². The number of aryl methyl sites for hydroxylation is 1. The number of nitrogens with zero attached hydrogens (tertiary/aromatic N) is 6. The number of hydrogen-bond acceptors (Lipinski definition) is 7. The fourth-order valence-corrected chi connectivity index (χ4v) is 4.26. The number of ether oxygens (including phenoxy) is 2. The Hall–Kier alpha value is -1.98. The van der Waals surface area contributed by atoms with Crippen LogP contribution in [0.5, 0.6) is 5.88 Å². The molecule has 2 aliphatic heterocycles. The first-order valence-corrected chi connectivity index (χ1v) is 10.1. The summed E-state index contributed by atoms with van der Waals surface area (Å²) >= 11 is 9.72. The molecule has 1 N–H and O–H groups in total. The zero-order chi connectivity index (χ0) is 19.3. The average molecular weight is 473 g/mol. The quantitative estimate of drug-likeness (QED) is 0.581. The Morgan fingerprint density at radius 2 is 2.21 bits per heavy atom. The maximum absolute atomic E-state index is 14.4. The highest BCUT2D eigenvalue weighted by atomic mass is 79.9. The van der Waals surface area contributed by atoms with Gasteiger partial charge in [0.2, 0.25) is 5.95 Å². The van der Waals surface area contributed by atoms with Gasteiger partial charge in [0.1, 0.15) is 16.5 Å². The normalized spacial score (nSPS) is 22.4. The number of halogens is 3. The van der Waals surface area contributed by atoms with Gasteiger partial charge in [-0.1, -0.05) is 11.6 Å². The predicted octanol–water partition coefficient (Wildman–Crippen LogP) is 3.26. The average Bonchev–Trinajstić information content (AvgIpc) is 3.16. The van der Waals surface area contributed by atoms with Crippen molar-refractivity contribution in [3.8, 4) is 5.88 Å². The summed E-state index contributed by atoms with van der Waals surface area (Å²) in [5.74, 6) is 0.716. The van der Waals surface area contributed by atoms with E-state index in [2.05, 4.69) is 41.4 Å². The van der Waals surface area contributed by atoms with Gasteiger partial charge in [-0.2, -0.15) is 10.1 Å². The van der Waals surface area contributed by atoms with Crippen LogP contribution < -0.4 is 10.1 Å². The minimum Gasteiger partial charge on any atom is -0.475 e. The summed E-state index contributed by atoms with van der Waals surface area (Å²) in [6.45, 7) is 1.54. The molecule has 0 aromatic carbocycles. The standard InChI is InChI=1S/C16H16BrClFN7O2/c17-12-11-15(24-26(12)10-2-5-27-7-9(10)19)28-4-1-3-25-14-8(13(18)23-25)6-20-16(21-11)22-14/h6,9-10H,1-5,7H2,(H,20,21,22)/t9-,10-/m1/s1. The Morgan fingerprint density at radius 3 is 3.07 bits per heavy atom. The first-order chi connectivity index (χ1) is 13.6. The van der Waals surface area contributed by atoms with E-state index in [-0.39, 0.29) is 6.61 Å². The van der Waals surface area contributed by atoms with Gasteiger partial charge in [0.25, 0.3) is 5.88 Å². The maximum atomic E-state index is 14.4. The number of hydrogen-bond donors (Lipinski definition) is 1. The van der Waals surface area contributed by atoms with Crippen LogP contribution in [0.3, 0.4) is 0 Å². The van der Waals surface area contributed by atoms with E-state index in [0.717, 1.165) is 0 Å². The Labute approximate surface area is 172 Å². The molecule has 0 spiro atoms. The molecule has 0 amide bonds.